The number of halogens is 1. The van der Waals surface area contributed by atoms with E-state index in [1.807, 2.05) is 30.3 Å². The molecule has 0 spiro atoms. The molecule has 0 aliphatic heterocycles. The fourth-order valence-corrected chi connectivity index (χ4v) is 2.02. The Balaban J connectivity index is 2.02. The van der Waals surface area contributed by atoms with Crippen LogP contribution in [0.3, 0.4) is 0 Å². The zero-order valence-corrected chi connectivity index (χ0v) is 13.3. The lowest BCUT2D eigenvalue weighted by Crippen LogP contribution is -2.23. The highest BCUT2D eigenvalue weighted by molar-refractivity contribution is 6.30. The minimum absolute atomic E-state index is 0.0424. The van der Waals surface area contributed by atoms with Crippen molar-refractivity contribution in [2.24, 2.45) is 0 Å². The number of methoxy groups -OCH3 is 1. The maximum Gasteiger partial charge on any atom is 0.262 e. The monoisotopic (exact) mass is 326 g/mol. The van der Waals surface area contributed by atoms with Crippen molar-refractivity contribution in [1.82, 2.24) is 5.32 Å². The third-order valence-corrected chi connectivity index (χ3v) is 3.41. The largest absolute Gasteiger partial charge is 0.497 e. The van der Waals surface area contributed by atoms with Crippen LogP contribution in [-0.4, -0.2) is 13.0 Å². The molecule has 0 heterocycles. The molecule has 0 fully saturated rings. The van der Waals surface area contributed by atoms with Gasteiger partial charge in [0.15, 0.2) is 0 Å². The number of ether oxygens (including phenoxy) is 1. The molecule has 0 saturated heterocycles. The molecule has 2 aromatic carbocycles. The van der Waals surface area contributed by atoms with E-state index in [1.54, 1.807) is 31.4 Å². The van der Waals surface area contributed by atoms with Crippen molar-refractivity contribution in [3.05, 3.63) is 70.3 Å². The van der Waals surface area contributed by atoms with Gasteiger partial charge in [-0.1, -0.05) is 35.9 Å². The Hall–Kier alpha value is -2.77. The number of nitrogens with zero attached hydrogens (tertiary/aromatic N) is 1. The van der Waals surface area contributed by atoms with Crippen LogP contribution in [0.5, 0.6) is 5.75 Å². The molecular formula is C18H15ClN2O2. The SMILES string of the molecule is COc1ccc(CNC(=O)/C(C#N)=C/c2ccc(Cl)cc2)cc1. The lowest BCUT2D eigenvalue weighted by atomic mass is 10.1. The van der Waals surface area contributed by atoms with Gasteiger partial charge in [0.1, 0.15) is 17.4 Å². The van der Waals surface area contributed by atoms with Gasteiger partial charge in [-0.15, -0.1) is 0 Å². The van der Waals surface area contributed by atoms with E-state index >= 15 is 0 Å². The molecule has 0 aliphatic rings. The van der Waals surface area contributed by atoms with Crippen molar-refractivity contribution in [1.29, 1.82) is 5.26 Å². The molecule has 0 atom stereocenters. The van der Waals surface area contributed by atoms with Crippen LogP contribution in [0.4, 0.5) is 0 Å². The maximum atomic E-state index is 12.1. The quantitative estimate of drug-likeness (QED) is 0.675. The van der Waals surface area contributed by atoms with E-state index in [9.17, 15) is 4.79 Å². The third-order valence-electron chi connectivity index (χ3n) is 3.16. The molecule has 0 aliphatic carbocycles. The van der Waals surface area contributed by atoms with Gasteiger partial charge < -0.3 is 10.1 Å². The number of nitrogens with one attached hydrogen (secondary N) is 1. The Morgan fingerprint density at radius 3 is 2.43 bits per heavy atom. The van der Waals surface area contributed by atoms with Gasteiger partial charge in [-0.3, -0.25) is 4.79 Å². The summed E-state index contributed by atoms with van der Waals surface area (Å²) in [4.78, 5) is 12.1. The summed E-state index contributed by atoms with van der Waals surface area (Å²) in [6.45, 7) is 0.336. The highest BCUT2D eigenvalue weighted by atomic mass is 35.5. The molecule has 0 aromatic heterocycles. The van der Waals surface area contributed by atoms with Crippen LogP contribution in [-0.2, 0) is 11.3 Å². The standard InChI is InChI=1S/C18H15ClN2O2/c1-23-17-8-4-14(5-9-17)12-21-18(22)15(11-20)10-13-2-6-16(19)7-3-13/h2-10H,12H2,1H3,(H,21,22)/b15-10+. The number of carbonyl (C=O) groups is 1. The molecule has 0 unspecified atom stereocenters. The lowest BCUT2D eigenvalue weighted by molar-refractivity contribution is -0.117. The Labute approximate surface area is 140 Å². The van der Waals surface area contributed by atoms with Gasteiger partial charge in [-0.05, 0) is 41.5 Å². The highest BCUT2D eigenvalue weighted by Crippen LogP contribution is 2.13. The molecule has 2 aromatic rings. The van der Waals surface area contributed by atoms with E-state index in [4.69, 9.17) is 21.6 Å². The van der Waals surface area contributed by atoms with Crippen molar-refractivity contribution >= 4 is 23.6 Å². The molecule has 1 N–H and O–H groups in total. The van der Waals surface area contributed by atoms with Crippen LogP contribution in [0, 0.1) is 11.3 Å². The van der Waals surface area contributed by atoms with Gasteiger partial charge in [-0.25, -0.2) is 0 Å². The normalized spacial score (nSPS) is 10.7. The van der Waals surface area contributed by atoms with Crippen LogP contribution < -0.4 is 10.1 Å². The Kier molecular flexibility index (Phi) is 5.79. The summed E-state index contributed by atoms with van der Waals surface area (Å²) in [5.74, 6) is 0.332. The summed E-state index contributed by atoms with van der Waals surface area (Å²) in [5.41, 5.74) is 1.70. The molecule has 1 amide bonds. The average molecular weight is 327 g/mol. The fraction of sp³-hybridized carbons (Fsp3) is 0.111. The van der Waals surface area contributed by atoms with Crippen molar-refractivity contribution < 1.29 is 9.53 Å². The second kappa shape index (κ2) is 8.02. The van der Waals surface area contributed by atoms with E-state index in [0.717, 1.165) is 16.9 Å². The van der Waals surface area contributed by atoms with Crippen molar-refractivity contribution in [3.63, 3.8) is 0 Å². The number of nitriles is 1. The van der Waals surface area contributed by atoms with Gasteiger partial charge >= 0.3 is 0 Å². The second-order valence-corrected chi connectivity index (χ2v) is 5.19. The first-order valence-electron chi connectivity index (χ1n) is 6.91. The lowest BCUT2D eigenvalue weighted by Gasteiger charge is -2.06. The minimum atomic E-state index is -0.418. The van der Waals surface area contributed by atoms with Crippen molar-refractivity contribution in [3.8, 4) is 11.8 Å². The first kappa shape index (κ1) is 16.6. The molecule has 5 heteroatoms. The van der Waals surface area contributed by atoms with Crippen molar-refractivity contribution in [2.45, 2.75) is 6.54 Å². The van der Waals surface area contributed by atoms with Gasteiger partial charge in [0.2, 0.25) is 0 Å². The van der Waals surface area contributed by atoms with Crippen LogP contribution in [0.25, 0.3) is 6.08 Å². The Bertz CT molecular complexity index is 744. The van der Waals surface area contributed by atoms with E-state index < -0.39 is 5.91 Å². The molecule has 2 rings (SSSR count). The van der Waals surface area contributed by atoms with Gasteiger partial charge in [0.25, 0.3) is 5.91 Å². The predicted molar refractivity (Wildman–Crippen MR) is 89.9 cm³/mol. The van der Waals surface area contributed by atoms with E-state index in [2.05, 4.69) is 5.32 Å². The van der Waals surface area contributed by atoms with Crippen LogP contribution in [0.1, 0.15) is 11.1 Å². The summed E-state index contributed by atoms with van der Waals surface area (Å²) in [6.07, 6.45) is 1.53. The number of rotatable bonds is 5. The number of hydrogen-bond acceptors (Lipinski definition) is 3. The topological polar surface area (TPSA) is 62.1 Å². The molecule has 0 radical (unpaired) electrons. The maximum absolute atomic E-state index is 12.1. The second-order valence-electron chi connectivity index (χ2n) is 4.75. The van der Waals surface area contributed by atoms with E-state index in [-0.39, 0.29) is 5.57 Å². The molecule has 116 valence electrons. The average Bonchev–Trinajstić information content (AvgIpc) is 2.59. The third kappa shape index (κ3) is 4.87. The molecule has 0 bridgehead atoms. The number of hydrogen-bond donors (Lipinski definition) is 1. The van der Waals surface area contributed by atoms with Crippen LogP contribution in [0.2, 0.25) is 5.02 Å². The highest BCUT2D eigenvalue weighted by Gasteiger charge is 2.08. The van der Waals surface area contributed by atoms with E-state index in [1.165, 1.54) is 6.08 Å². The van der Waals surface area contributed by atoms with E-state index in [0.29, 0.717) is 11.6 Å². The first-order valence-corrected chi connectivity index (χ1v) is 7.28. The summed E-state index contributed by atoms with van der Waals surface area (Å²) in [5, 5.41) is 12.5. The Morgan fingerprint density at radius 1 is 1.22 bits per heavy atom. The zero-order chi connectivity index (χ0) is 16.7. The van der Waals surface area contributed by atoms with Crippen LogP contribution in [0.15, 0.2) is 54.1 Å². The van der Waals surface area contributed by atoms with Gasteiger partial charge in [0, 0.05) is 11.6 Å². The smallest absolute Gasteiger partial charge is 0.262 e. The van der Waals surface area contributed by atoms with Crippen LogP contribution >= 0.6 is 11.6 Å². The van der Waals surface area contributed by atoms with Crippen molar-refractivity contribution in [2.75, 3.05) is 7.11 Å². The number of carbonyl (C=O) groups excluding carboxylic acids is 1. The first-order chi connectivity index (χ1) is 11.1. The van der Waals surface area contributed by atoms with Gasteiger partial charge in [-0.2, -0.15) is 5.26 Å². The molecular weight excluding hydrogens is 312 g/mol. The number of benzene rings is 2. The number of amides is 1. The van der Waals surface area contributed by atoms with Gasteiger partial charge in [0.05, 0.1) is 7.11 Å². The predicted octanol–water partition coefficient (Wildman–Crippen LogP) is 3.57. The molecule has 23 heavy (non-hydrogen) atoms. The molecule has 4 nitrogen and oxygen atoms in total. The summed E-state index contributed by atoms with van der Waals surface area (Å²) < 4.78 is 5.08. The minimum Gasteiger partial charge on any atom is -0.497 e. The zero-order valence-electron chi connectivity index (χ0n) is 12.5. The summed E-state index contributed by atoms with van der Waals surface area (Å²) in [6, 6.07) is 16.2. The summed E-state index contributed by atoms with van der Waals surface area (Å²) >= 11 is 5.81. The fourth-order valence-electron chi connectivity index (χ4n) is 1.90. The Morgan fingerprint density at radius 2 is 1.87 bits per heavy atom. The molecule has 0 saturated carbocycles. The summed E-state index contributed by atoms with van der Waals surface area (Å²) in [7, 11) is 1.59.